The molecule has 0 radical (unpaired) electrons. The number of ether oxygens (including phenoxy) is 2. The van der Waals surface area contributed by atoms with E-state index in [9.17, 15) is 9.59 Å². The zero-order valence-corrected chi connectivity index (χ0v) is 17.8. The Morgan fingerprint density at radius 2 is 1.84 bits per heavy atom. The van der Waals surface area contributed by atoms with Crippen LogP contribution in [-0.4, -0.2) is 32.9 Å². The van der Waals surface area contributed by atoms with Crippen molar-refractivity contribution < 1.29 is 13.9 Å². The van der Waals surface area contributed by atoms with Crippen molar-refractivity contribution in [3.8, 4) is 28.6 Å². The predicted octanol–water partition coefficient (Wildman–Crippen LogP) is 3.12. The third-order valence-electron chi connectivity index (χ3n) is 4.69. The van der Waals surface area contributed by atoms with Crippen LogP contribution in [0.3, 0.4) is 0 Å². The van der Waals surface area contributed by atoms with Gasteiger partial charge in [0, 0.05) is 11.1 Å². The molecule has 10 heteroatoms. The van der Waals surface area contributed by atoms with Crippen molar-refractivity contribution in [1.29, 1.82) is 0 Å². The second kappa shape index (κ2) is 8.27. The van der Waals surface area contributed by atoms with Crippen LogP contribution >= 0.6 is 11.6 Å². The highest BCUT2D eigenvalue weighted by molar-refractivity contribution is 6.30. The van der Waals surface area contributed by atoms with Crippen molar-refractivity contribution in [2.75, 3.05) is 13.7 Å². The average molecular weight is 443 g/mol. The van der Waals surface area contributed by atoms with Gasteiger partial charge in [0.25, 0.3) is 5.89 Å². The Kier molecular flexibility index (Phi) is 5.51. The Morgan fingerprint density at radius 3 is 2.48 bits per heavy atom. The first-order valence-corrected chi connectivity index (χ1v) is 9.97. The van der Waals surface area contributed by atoms with Gasteiger partial charge in [-0.2, -0.15) is 0 Å². The zero-order valence-electron chi connectivity index (χ0n) is 17.1. The van der Waals surface area contributed by atoms with Gasteiger partial charge in [-0.05, 0) is 49.2 Å². The van der Waals surface area contributed by atoms with Crippen LogP contribution in [0.1, 0.15) is 19.4 Å². The number of hydrogen-bond donors (Lipinski definition) is 0. The number of nitrogens with zero attached hydrogens (tertiary/aromatic N) is 4. The molecule has 2 heterocycles. The number of halogens is 1. The maximum Gasteiger partial charge on any atom is 0.362 e. The molecule has 0 unspecified atom stereocenters. The molecule has 31 heavy (non-hydrogen) atoms. The number of hydrogen-bond acceptors (Lipinski definition) is 7. The molecule has 0 saturated carbocycles. The summed E-state index contributed by atoms with van der Waals surface area (Å²) in [5.74, 6) is 1.02. The van der Waals surface area contributed by atoms with Crippen molar-refractivity contribution in [3.05, 3.63) is 68.0 Å². The van der Waals surface area contributed by atoms with Gasteiger partial charge in [-0.15, -0.1) is 14.6 Å². The lowest BCUT2D eigenvalue weighted by atomic mass is 10.1. The van der Waals surface area contributed by atoms with E-state index in [-0.39, 0.29) is 11.7 Å². The van der Waals surface area contributed by atoms with Gasteiger partial charge in [-0.3, -0.25) is 0 Å². The molecule has 0 aliphatic rings. The SMILES string of the molecule is CCOc1cc(OC)c(-c2nn3c(=O)n(-c4ccc(Cl)cc4)c(=O)nc3o2)cc1CC. The van der Waals surface area contributed by atoms with Crippen molar-refractivity contribution in [3.63, 3.8) is 0 Å². The summed E-state index contributed by atoms with van der Waals surface area (Å²) in [4.78, 5) is 29.3. The van der Waals surface area contributed by atoms with Gasteiger partial charge in [0.2, 0.25) is 0 Å². The summed E-state index contributed by atoms with van der Waals surface area (Å²) in [5, 5.41) is 4.73. The normalized spacial score (nSPS) is 11.1. The third kappa shape index (κ3) is 3.68. The van der Waals surface area contributed by atoms with E-state index in [0.29, 0.717) is 40.8 Å². The molecule has 0 aliphatic carbocycles. The number of methoxy groups -OCH3 is 1. The third-order valence-corrected chi connectivity index (χ3v) is 4.95. The molecule has 0 bridgehead atoms. The fourth-order valence-electron chi connectivity index (χ4n) is 3.21. The van der Waals surface area contributed by atoms with E-state index in [1.54, 1.807) is 30.3 Å². The molecule has 160 valence electrons. The second-order valence-electron chi connectivity index (χ2n) is 6.54. The maximum absolute atomic E-state index is 13.0. The van der Waals surface area contributed by atoms with E-state index in [1.807, 2.05) is 19.9 Å². The summed E-state index contributed by atoms with van der Waals surface area (Å²) < 4.78 is 18.6. The van der Waals surface area contributed by atoms with E-state index >= 15 is 0 Å². The highest BCUT2D eigenvalue weighted by Gasteiger charge is 2.20. The molecule has 0 amide bonds. The second-order valence-corrected chi connectivity index (χ2v) is 6.97. The van der Waals surface area contributed by atoms with Gasteiger partial charge in [-0.1, -0.05) is 18.5 Å². The minimum atomic E-state index is -0.789. The molecular weight excluding hydrogens is 424 g/mol. The minimum Gasteiger partial charge on any atom is -0.496 e. The zero-order chi connectivity index (χ0) is 22.1. The molecule has 4 aromatic rings. The minimum absolute atomic E-state index is 0.0902. The van der Waals surface area contributed by atoms with E-state index in [2.05, 4.69) is 10.1 Å². The summed E-state index contributed by atoms with van der Waals surface area (Å²) >= 11 is 5.89. The van der Waals surface area contributed by atoms with Gasteiger partial charge in [0.05, 0.1) is 25.0 Å². The van der Waals surface area contributed by atoms with Crippen LogP contribution in [0.2, 0.25) is 5.02 Å². The van der Waals surface area contributed by atoms with Crippen molar-refractivity contribution in [2.24, 2.45) is 0 Å². The maximum atomic E-state index is 13.0. The monoisotopic (exact) mass is 442 g/mol. The van der Waals surface area contributed by atoms with Gasteiger partial charge < -0.3 is 13.9 Å². The fourth-order valence-corrected chi connectivity index (χ4v) is 3.34. The molecule has 0 aliphatic heterocycles. The van der Waals surface area contributed by atoms with Crippen LogP contribution in [0.25, 0.3) is 23.0 Å². The molecule has 0 atom stereocenters. The van der Waals surface area contributed by atoms with Crippen LogP contribution in [0.5, 0.6) is 11.5 Å². The first-order valence-electron chi connectivity index (χ1n) is 9.59. The Bertz CT molecular complexity index is 1370. The Hall–Kier alpha value is -3.59. The molecule has 0 saturated heterocycles. The standard InChI is InChI=1S/C21H19ClN4O5/c1-4-12-10-15(17(29-3)11-16(12)30-5-2)18-24-26-20(31-18)23-19(27)25(21(26)28)14-8-6-13(22)7-9-14/h6-11H,4-5H2,1-3H3. The Morgan fingerprint density at radius 1 is 1.10 bits per heavy atom. The van der Waals surface area contributed by atoms with Crippen LogP contribution in [0.4, 0.5) is 0 Å². The summed E-state index contributed by atoms with van der Waals surface area (Å²) in [6, 6.07) is 9.80. The average Bonchev–Trinajstić information content (AvgIpc) is 3.19. The lowest BCUT2D eigenvalue weighted by Crippen LogP contribution is -2.38. The Labute approximate surface area is 181 Å². The van der Waals surface area contributed by atoms with E-state index in [1.165, 1.54) is 7.11 Å². The van der Waals surface area contributed by atoms with Crippen LogP contribution in [0.15, 0.2) is 50.4 Å². The topological polar surface area (TPSA) is 101 Å². The van der Waals surface area contributed by atoms with Gasteiger partial charge in [0.1, 0.15) is 11.5 Å². The summed E-state index contributed by atoms with van der Waals surface area (Å²) in [5.41, 5.74) is 0.243. The molecule has 0 spiro atoms. The highest BCUT2D eigenvalue weighted by Crippen LogP contribution is 2.36. The van der Waals surface area contributed by atoms with E-state index in [4.69, 9.17) is 25.5 Å². The molecule has 2 aromatic carbocycles. The van der Waals surface area contributed by atoms with Gasteiger partial charge in [-0.25, -0.2) is 14.2 Å². The summed E-state index contributed by atoms with van der Waals surface area (Å²) in [6.07, 6.45) is 0.700. The number of benzene rings is 2. The Balaban J connectivity index is 1.91. The molecule has 0 fully saturated rings. The molecule has 9 nitrogen and oxygen atoms in total. The highest BCUT2D eigenvalue weighted by atomic mass is 35.5. The van der Waals surface area contributed by atoms with Gasteiger partial charge in [0.15, 0.2) is 0 Å². The van der Waals surface area contributed by atoms with Gasteiger partial charge >= 0.3 is 17.2 Å². The van der Waals surface area contributed by atoms with Crippen LogP contribution in [0, 0.1) is 0 Å². The quantitative estimate of drug-likeness (QED) is 0.452. The molecule has 2 aromatic heterocycles. The van der Waals surface area contributed by atoms with Crippen molar-refractivity contribution in [2.45, 2.75) is 20.3 Å². The number of fused-ring (bicyclic) bond motifs is 1. The number of rotatable bonds is 6. The van der Waals surface area contributed by atoms with Crippen LogP contribution in [-0.2, 0) is 6.42 Å². The molecular formula is C21H19ClN4O5. The molecule has 4 rings (SSSR count). The predicted molar refractivity (Wildman–Crippen MR) is 115 cm³/mol. The number of aromatic nitrogens is 4. The van der Waals surface area contributed by atoms with E-state index < -0.39 is 11.4 Å². The first-order chi connectivity index (χ1) is 15.0. The lowest BCUT2D eigenvalue weighted by Gasteiger charge is -2.13. The first kappa shape index (κ1) is 20.7. The van der Waals surface area contributed by atoms with E-state index in [0.717, 1.165) is 14.6 Å². The summed E-state index contributed by atoms with van der Waals surface area (Å²) in [7, 11) is 1.51. The number of aryl methyl sites for hydroxylation is 1. The van der Waals surface area contributed by atoms with Crippen LogP contribution < -0.4 is 20.9 Å². The molecule has 0 N–H and O–H groups in total. The lowest BCUT2D eigenvalue weighted by molar-refractivity contribution is 0.333. The fraction of sp³-hybridized carbons (Fsp3) is 0.238. The smallest absolute Gasteiger partial charge is 0.362 e. The van der Waals surface area contributed by atoms with Crippen molar-refractivity contribution >= 4 is 17.4 Å². The summed E-state index contributed by atoms with van der Waals surface area (Å²) in [6.45, 7) is 4.40. The van der Waals surface area contributed by atoms with Crippen molar-refractivity contribution in [1.82, 2.24) is 19.2 Å². The largest absolute Gasteiger partial charge is 0.496 e.